The van der Waals surface area contributed by atoms with E-state index in [1.165, 1.54) is 165 Å². The minimum absolute atomic E-state index is 0.726. The van der Waals surface area contributed by atoms with Gasteiger partial charge in [0.2, 0.25) is 0 Å². The summed E-state index contributed by atoms with van der Waals surface area (Å²) in [5, 5.41) is 0. The third-order valence-corrected chi connectivity index (χ3v) is 15.2. The van der Waals surface area contributed by atoms with E-state index in [-0.39, 0.29) is 0 Å². The monoisotopic (exact) mass is 978 g/mol. The van der Waals surface area contributed by atoms with Gasteiger partial charge < -0.3 is 18.9 Å². The Labute approximate surface area is 396 Å². The molecule has 0 bridgehead atoms. The van der Waals surface area contributed by atoms with Gasteiger partial charge in [-0.3, -0.25) is 0 Å². The maximum atomic E-state index is 6.14. The maximum absolute atomic E-state index is 6.14. The fourth-order valence-electron chi connectivity index (χ4n) is 9.91. The van der Waals surface area contributed by atoms with Crippen molar-refractivity contribution in [2.45, 2.75) is 205 Å². The molecule has 0 spiro atoms. The molecule has 2 saturated carbocycles. The molecule has 0 N–H and O–H groups in total. The summed E-state index contributed by atoms with van der Waals surface area (Å²) < 4.78 is 26.3. The predicted molar refractivity (Wildman–Crippen MR) is 270 cm³/mol. The third kappa shape index (κ3) is 19.5. The smallest absolute Gasteiger partial charge is 0.134 e. The normalized spacial score (nSPS) is 19.0. The number of rotatable bonds is 32. The Kier molecular flexibility index (Phi) is 25.3. The Balaban J connectivity index is 0.806. The zero-order valence-electron chi connectivity index (χ0n) is 39.1. The zero-order valence-corrected chi connectivity index (χ0v) is 42.3. The van der Waals surface area contributed by atoms with E-state index in [0.29, 0.717) is 0 Å². The summed E-state index contributed by atoms with van der Waals surface area (Å²) in [6, 6.07) is 22.1. The molecule has 0 aliphatic heterocycles. The van der Waals surface area contributed by atoms with Gasteiger partial charge in [-0.05, 0) is 180 Å². The highest BCUT2D eigenvalue weighted by Crippen LogP contribution is 2.40. The number of benzene rings is 3. The molecule has 3 aromatic carbocycles. The molecule has 5 rings (SSSR count). The van der Waals surface area contributed by atoms with Crippen LogP contribution in [-0.2, 0) is 0 Å². The molecule has 6 heteroatoms. The quantitative estimate of drug-likeness (QED) is 0.0584. The van der Waals surface area contributed by atoms with E-state index in [1.54, 1.807) is 0 Å². The van der Waals surface area contributed by atoms with Crippen LogP contribution in [-0.4, -0.2) is 26.4 Å². The van der Waals surface area contributed by atoms with Crippen molar-refractivity contribution in [2.24, 2.45) is 11.8 Å². The highest BCUT2D eigenvalue weighted by atomic mass is 79.9. The van der Waals surface area contributed by atoms with E-state index in [4.69, 9.17) is 18.9 Å². The number of hydrogen-bond acceptors (Lipinski definition) is 4. The molecule has 0 atom stereocenters. The van der Waals surface area contributed by atoms with Crippen molar-refractivity contribution >= 4 is 31.9 Å². The van der Waals surface area contributed by atoms with E-state index in [1.807, 2.05) is 12.1 Å². The van der Waals surface area contributed by atoms with Crippen LogP contribution in [0.2, 0.25) is 0 Å². The van der Waals surface area contributed by atoms with Gasteiger partial charge in [-0.25, -0.2) is 0 Å². The van der Waals surface area contributed by atoms with E-state index in [9.17, 15) is 0 Å². The van der Waals surface area contributed by atoms with Crippen LogP contribution in [0.3, 0.4) is 0 Å². The van der Waals surface area contributed by atoms with Crippen LogP contribution in [0.4, 0.5) is 0 Å². The number of halogens is 2. The number of ether oxygens (including phenoxy) is 4. The van der Waals surface area contributed by atoms with Crippen molar-refractivity contribution in [1.29, 1.82) is 0 Å². The van der Waals surface area contributed by atoms with Crippen LogP contribution in [0.15, 0.2) is 69.6 Å². The number of unbranched alkanes of at least 4 members (excludes halogenated alkanes) is 14. The van der Waals surface area contributed by atoms with Crippen molar-refractivity contribution in [3.63, 3.8) is 0 Å². The van der Waals surface area contributed by atoms with Crippen molar-refractivity contribution in [3.8, 4) is 23.0 Å². The topological polar surface area (TPSA) is 36.9 Å². The first-order chi connectivity index (χ1) is 30.5. The predicted octanol–water partition coefficient (Wildman–Crippen LogP) is 18.5. The summed E-state index contributed by atoms with van der Waals surface area (Å²) in [5.41, 5.74) is 3.02. The molecular formula is C56H84Br2O4. The van der Waals surface area contributed by atoms with Crippen LogP contribution in [0.1, 0.15) is 217 Å². The van der Waals surface area contributed by atoms with Crippen LogP contribution in [0.25, 0.3) is 0 Å². The van der Waals surface area contributed by atoms with Crippen LogP contribution < -0.4 is 18.9 Å². The highest BCUT2D eigenvalue weighted by Gasteiger charge is 2.23. The molecule has 0 unspecified atom stereocenters. The molecule has 0 radical (unpaired) electrons. The van der Waals surface area contributed by atoms with Gasteiger partial charge in [-0.15, -0.1) is 0 Å². The molecule has 4 nitrogen and oxygen atoms in total. The molecule has 3 aromatic rings. The lowest BCUT2D eigenvalue weighted by atomic mass is 9.77. The SMILES string of the molecule is CCCCCC1CCC(c2ccc(OCCCCCCCCOc3cc(Br)c(OCCCCCCCCOc4ccc(C5CCC(CCCCC)CC5)cc4)cc3Br)cc2)CC1. The summed E-state index contributed by atoms with van der Waals surface area (Å²) in [4.78, 5) is 0. The van der Waals surface area contributed by atoms with Gasteiger partial charge in [-0.2, -0.15) is 0 Å². The van der Waals surface area contributed by atoms with Crippen LogP contribution in [0.5, 0.6) is 23.0 Å². The first-order valence-corrected chi connectivity index (χ1v) is 27.3. The molecule has 2 fully saturated rings. The Morgan fingerprint density at radius 1 is 0.387 bits per heavy atom. The lowest BCUT2D eigenvalue weighted by Crippen LogP contribution is -2.13. The fourth-order valence-corrected chi connectivity index (χ4v) is 10.8. The molecule has 0 saturated heterocycles. The second kappa shape index (κ2) is 30.9. The summed E-state index contributed by atoms with van der Waals surface area (Å²) in [7, 11) is 0. The van der Waals surface area contributed by atoms with Gasteiger partial charge in [0, 0.05) is 0 Å². The summed E-state index contributed by atoms with van der Waals surface area (Å²) >= 11 is 7.42. The average Bonchev–Trinajstić information content (AvgIpc) is 3.30. The van der Waals surface area contributed by atoms with Gasteiger partial charge in [0.05, 0.1) is 35.4 Å². The first kappa shape index (κ1) is 50.8. The second-order valence-electron chi connectivity index (χ2n) is 18.9. The van der Waals surface area contributed by atoms with Crippen molar-refractivity contribution in [2.75, 3.05) is 26.4 Å². The van der Waals surface area contributed by atoms with E-state index < -0.39 is 0 Å². The van der Waals surface area contributed by atoms with Crippen LogP contribution in [0, 0.1) is 11.8 Å². The highest BCUT2D eigenvalue weighted by molar-refractivity contribution is 9.11. The first-order valence-electron chi connectivity index (χ1n) is 25.7. The second-order valence-corrected chi connectivity index (χ2v) is 20.6. The molecule has 62 heavy (non-hydrogen) atoms. The third-order valence-electron chi connectivity index (χ3n) is 13.9. The zero-order chi connectivity index (χ0) is 43.5. The van der Waals surface area contributed by atoms with Crippen molar-refractivity contribution < 1.29 is 18.9 Å². The molecule has 0 amide bonds. The molecule has 0 aromatic heterocycles. The number of hydrogen-bond donors (Lipinski definition) is 0. The molecule has 0 heterocycles. The minimum Gasteiger partial charge on any atom is -0.494 e. The molecule has 2 aliphatic carbocycles. The van der Waals surface area contributed by atoms with E-state index >= 15 is 0 Å². The van der Waals surface area contributed by atoms with Gasteiger partial charge in [-0.1, -0.05) is 141 Å². The lowest BCUT2D eigenvalue weighted by Gasteiger charge is -2.29. The standard InChI is InChI=1S/C56H84Br2O4/c1-3-5-15-21-45-23-27-47(28-24-45)49-31-35-51(36-32-49)59-39-17-11-7-9-13-19-41-61-55-43-54(58)56(44-53(55)57)62-42-20-14-10-8-12-18-40-60-52-37-33-50(34-38-52)48-29-25-46(26-30-48)22-16-6-4-2/h31-38,43-48H,3-30,39-42H2,1-2H3. The van der Waals surface area contributed by atoms with Gasteiger partial charge in [0.25, 0.3) is 0 Å². The molecule has 346 valence electrons. The summed E-state index contributed by atoms with van der Waals surface area (Å²) in [6.07, 6.45) is 36.4. The van der Waals surface area contributed by atoms with Crippen LogP contribution >= 0.6 is 31.9 Å². The lowest BCUT2D eigenvalue weighted by molar-refractivity contribution is 0.289. The Hall–Kier alpha value is -2.18. The van der Waals surface area contributed by atoms with Gasteiger partial charge >= 0.3 is 0 Å². The summed E-state index contributed by atoms with van der Waals surface area (Å²) in [5.74, 6) is 7.20. The van der Waals surface area contributed by atoms with E-state index in [0.717, 1.165) is 108 Å². The largest absolute Gasteiger partial charge is 0.494 e. The minimum atomic E-state index is 0.726. The van der Waals surface area contributed by atoms with E-state index in [2.05, 4.69) is 94.2 Å². The van der Waals surface area contributed by atoms with Gasteiger partial charge in [0.15, 0.2) is 0 Å². The molecule has 2 aliphatic rings. The Morgan fingerprint density at radius 2 is 0.710 bits per heavy atom. The Bertz CT molecular complexity index is 1460. The van der Waals surface area contributed by atoms with Gasteiger partial charge in [0.1, 0.15) is 23.0 Å². The fraction of sp³-hybridized carbons (Fsp3) is 0.679. The van der Waals surface area contributed by atoms with Crippen molar-refractivity contribution in [1.82, 2.24) is 0 Å². The Morgan fingerprint density at radius 3 is 1.05 bits per heavy atom. The summed E-state index contributed by atoms with van der Waals surface area (Å²) in [6.45, 7) is 7.68. The maximum Gasteiger partial charge on any atom is 0.134 e. The molecular weight excluding hydrogens is 896 g/mol. The average molecular weight is 981 g/mol. The van der Waals surface area contributed by atoms with Crippen molar-refractivity contribution in [3.05, 3.63) is 80.7 Å².